The average molecular weight is 176 g/mol. The Hall–Kier alpha value is -1.57. The molecule has 13 heavy (non-hydrogen) atoms. The topological polar surface area (TPSA) is 26.3 Å². The van der Waals surface area contributed by atoms with Gasteiger partial charge < -0.3 is 4.74 Å². The Kier molecular flexibility index (Phi) is 2.85. The molecule has 0 N–H and O–H groups in total. The van der Waals surface area contributed by atoms with Crippen LogP contribution in [-0.4, -0.2) is 5.97 Å². The first kappa shape index (κ1) is 9.52. The summed E-state index contributed by atoms with van der Waals surface area (Å²) >= 11 is 0. The van der Waals surface area contributed by atoms with E-state index in [0.29, 0.717) is 5.75 Å². The van der Waals surface area contributed by atoms with Gasteiger partial charge in [-0.05, 0) is 25.5 Å². The first-order valence-electron chi connectivity index (χ1n) is 4.05. The van der Waals surface area contributed by atoms with Gasteiger partial charge in [0.2, 0.25) is 0 Å². The molecule has 2 heteroatoms. The van der Waals surface area contributed by atoms with E-state index in [4.69, 9.17) is 4.74 Å². The fourth-order valence-corrected chi connectivity index (χ4v) is 1.06. The second kappa shape index (κ2) is 3.90. The molecule has 0 heterocycles. The Bertz CT molecular complexity index is 340. The summed E-state index contributed by atoms with van der Waals surface area (Å²) in [6.45, 7) is 7.22. The maximum absolute atomic E-state index is 10.9. The Balaban J connectivity index is 2.89. The maximum atomic E-state index is 10.9. The molecule has 0 spiro atoms. The van der Waals surface area contributed by atoms with E-state index in [9.17, 15) is 4.79 Å². The lowest BCUT2D eigenvalue weighted by molar-refractivity contribution is -0.129. The van der Waals surface area contributed by atoms with Crippen molar-refractivity contribution in [1.29, 1.82) is 0 Å². The van der Waals surface area contributed by atoms with Crippen molar-refractivity contribution in [2.45, 2.75) is 13.8 Å². The van der Waals surface area contributed by atoms with Crippen LogP contribution in [0.2, 0.25) is 0 Å². The number of hydrogen-bond donors (Lipinski definition) is 0. The zero-order valence-electron chi connectivity index (χ0n) is 7.83. The van der Waals surface area contributed by atoms with Gasteiger partial charge in [-0.2, -0.15) is 0 Å². The van der Waals surface area contributed by atoms with Gasteiger partial charge in [-0.15, -0.1) is 0 Å². The van der Waals surface area contributed by atoms with Crippen LogP contribution in [0.25, 0.3) is 0 Å². The molecule has 0 aliphatic rings. The fraction of sp³-hybridized carbons (Fsp3) is 0.182. The summed E-state index contributed by atoms with van der Waals surface area (Å²) in [4.78, 5) is 10.9. The Labute approximate surface area is 77.8 Å². The predicted molar refractivity (Wildman–Crippen MR) is 51.7 cm³/mol. The van der Waals surface area contributed by atoms with E-state index in [1.807, 2.05) is 26.0 Å². The van der Waals surface area contributed by atoms with Gasteiger partial charge in [-0.1, -0.05) is 24.3 Å². The minimum atomic E-state index is -0.424. The molecule has 0 atom stereocenters. The third-order valence-corrected chi connectivity index (χ3v) is 1.71. The molecule has 0 saturated heterocycles. The molecule has 1 rings (SSSR count). The molecule has 0 aliphatic carbocycles. The number of ether oxygens (including phenoxy) is 1. The third kappa shape index (κ3) is 2.44. The highest BCUT2D eigenvalue weighted by Crippen LogP contribution is 2.18. The molecule has 0 saturated carbocycles. The number of carbonyl (C=O) groups excluding carboxylic acids is 1. The van der Waals surface area contributed by atoms with Gasteiger partial charge in [0.1, 0.15) is 5.75 Å². The van der Waals surface area contributed by atoms with Crippen molar-refractivity contribution in [3.63, 3.8) is 0 Å². The predicted octanol–water partition coefficient (Wildman–Crippen LogP) is 2.39. The summed E-state index contributed by atoms with van der Waals surface area (Å²) in [6.07, 6.45) is 1.15. The molecule has 0 fully saturated rings. The van der Waals surface area contributed by atoms with Crippen molar-refractivity contribution in [3.8, 4) is 5.75 Å². The van der Waals surface area contributed by atoms with Crippen LogP contribution in [0, 0.1) is 13.8 Å². The monoisotopic (exact) mass is 176 g/mol. The molecule has 1 aromatic rings. The second-order valence-corrected chi connectivity index (χ2v) is 2.89. The van der Waals surface area contributed by atoms with Crippen LogP contribution in [0.4, 0.5) is 0 Å². The summed E-state index contributed by atoms with van der Waals surface area (Å²) in [5.41, 5.74) is 2.10. The van der Waals surface area contributed by atoms with E-state index in [1.165, 1.54) is 0 Å². The number of rotatable bonds is 2. The molecule has 1 aromatic carbocycles. The van der Waals surface area contributed by atoms with E-state index >= 15 is 0 Å². The smallest absolute Gasteiger partial charge is 0.335 e. The number of benzene rings is 1. The molecule has 0 aliphatic heterocycles. The average Bonchev–Trinajstić information content (AvgIpc) is 2.09. The lowest BCUT2D eigenvalue weighted by atomic mass is 10.1. The van der Waals surface area contributed by atoms with E-state index < -0.39 is 5.97 Å². The van der Waals surface area contributed by atoms with Crippen LogP contribution in [0.3, 0.4) is 0 Å². The van der Waals surface area contributed by atoms with E-state index in [0.717, 1.165) is 17.2 Å². The molecular weight excluding hydrogens is 164 g/mol. The lowest BCUT2D eigenvalue weighted by Gasteiger charge is -2.05. The van der Waals surface area contributed by atoms with Crippen molar-refractivity contribution >= 4 is 5.97 Å². The van der Waals surface area contributed by atoms with Crippen LogP contribution in [0.1, 0.15) is 11.1 Å². The van der Waals surface area contributed by atoms with Gasteiger partial charge in [0.05, 0.1) is 0 Å². The van der Waals surface area contributed by atoms with Crippen LogP contribution >= 0.6 is 0 Å². The van der Waals surface area contributed by atoms with Crippen molar-refractivity contribution in [2.75, 3.05) is 0 Å². The highest BCUT2D eigenvalue weighted by molar-refractivity contribution is 5.83. The van der Waals surface area contributed by atoms with Crippen LogP contribution in [-0.2, 0) is 4.79 Å². The molecule has 0 radical (unpaired) electrons. The Morgan fingerprint density at radius 2 is 2.15 bits per heavy atom. The van der Waals surface area contributed by atoms with Crippen LogP contribution in [0.15, 0.2) is 30.9 Å². The molecule has 0 unspecified atom stereocenters. The maximum Gasteiger partial charge on any atom is 0.335 e. The van der Waals surface area contributed by atoms with Gasteiger partial charge in [0.25, 0.3) is 0 Å². The normalized spacial score (nSPS) is 9.38. The molecule has 2 nitrogen and oxygen atoms in total. The van der Waals surface area contributed by atoms with Crippen molar-refractivity contribution in [1.82, 2.24) is 0 Å². The highest BCUT2D eigenvalue weighted by Gasteiger charge is 2.02. The van der Waals surface area contributed by atoms with Gasteiger partial charge in [-0.3, -0.25) is 0 Å². The van der Waals surface area contributed by atoms with Crippen molar-refractivity contribution in [2.24, 2.45) is 0 Å². The molecule has 0 amide bonds. The van der Waals surface area contributed by atoms with Crippen LogP contribution in [0.5, 0.6) is 5.75 Å². The van der Waals surface area contributed by atoms with Crippen molar-refractivity contribution < 1.29 is 9.53 Å². The summed E-state index contributed by atoms with van der Waals surface area (Å²) in [6, 6.07) is 5.65. The number of aryl methyl sites for hydroxylation is 2. The molecule has 68 valence electrons. The lowest BCUT2D eigenvalue weighted by Crippen LogP contribution is -2.04. The summed E-state index contributed by atoms with van der Waals surface area (Å²) in [5, 5.41) is 0. The van der Waals surface area contributed by atoms with E-state index in [-0.39, 0.29) is 0 Å². The first-order chi connectivity index (χ1) is 6.13. The van der Waals surface area contributed by atoms with Gasteiger partial charge in [0.15, 0.2) is 0 Å². The summed E-state index contributed by atoms with van der Waals surface area (Å²) < 4.78 is 4.99. The summed E-state index contributed by atoms with van der Waals surface area (Å²) in [7, 11) is 0. The van der Waals surface area contributed by atoms with Crippen LogP contribution < -0.4 is 4.74 Å². The van der Waals surface area contributed by atoms with E-state index in [1.54, 1.807) is 6.07 Å². The first-order valence-corrected chi connectivity index (χ1v) is 4.05. The SMILES string of the molecule is C=CC(=O)Oc1ccc(C)cc1C. The molecule has 0 aromatic heterocycles. The van der Waals surface area contributed by atoms with Gasteiger partial charge in [-0.25, -0.2) is 4.79 Å². The quantitative estimate of drug-likeness (QED) is 0.393. The van der Waals surface area contributed by atoms with E-state index in [2.05, 4.69) is 6.58 Å². The number of carbonyl (C=O) groups is 1. The minimum Gasteiger partial charge on any atom is -0.423 e. The van der Waals surface area contributed by atoms with Crippen molar-refractivity contribution in [3.05, 3.63) is 42.0 Å². The number of hydrogen-bond acceptors (Lipinski definition) is 2. The standard InChI is InChI=1S/C11H12O2/c1-4-11(12)13-10-6-5-8(2)7-9(10)3/h4-7H,1H2,2-3H3. The Morgan fingerprint density at radius 1 is 1.46 bits per heavy atom. The van der Waals surface area contributed by atoms with Gasteiger partial charge in [0, 0.05) is 6.08 Å². The zero-order valence-corrected chi connectivity index (χ0v) is 7.83. The second-order valence-electron chi connectivity index (χ2n) is 2.89. The molecular formula is C11H12O2. The van der Waals surface area contributed by atoms with Gasteiger partial charge >= 0.3 is 5.97 Å². The minimum absolute atomic E-state index is 0.424. The number of esters is 1. The molecule has 0 bridgehead atoms. The Morgan fingerprint density at radius 3 is 2.69 bits per heavy atom. The summed E-state index contributed by atoms with van der Waals surface area (Å²) in [5.74, 6) is 0.169. The highest BCUT2D eigenvalue weighted by atomic mass is 16.5. The zero-order chi connectivity index (χ0) is 9.84. The largest absolute Gasteiger partial charge is 0.423 e. The fourth-order valence-electron chi connectivity index (χ4n) is 1.06. The third-order valence-electron chi connectivity index (χ3n) is 1.71.